The van der Waals surface area contributed by atoms with Crippen molar-refractivity contribution >= 4 is 31.8 Å². The number of hydrogen-bond acceptors (Lipinski definition) is 5. The van der Waals surface area contributed by atoms with Crippen molar-refractivity contribution in [3.05, 3.63) is 39.8 Å². The summed E-state index contributed by atoms with van der Waals surface area (Å²) in [7, 11) is -7.30. The number of fused-ring (bicyclic) bond motifs is 2. The Kier molecular flexibility index (Phi) is 6.15. The van der Waals surface area contributed by atoms with Gasteiger partial charge in [-0.1, -0.05) is 12.1 Å². The highest BCUT2D eigenvalue weighted by atomic mass is 32.2. The number of urea groups is 1. The topological polar surface area (TPSA) is 113 Å². The zero-order valence-electron chi connectivity index (χ0n) is 17.7. The van der Waals surface area contributed by atoms with E-state index >= 15 is 0 Å². The molecular formula is C21H29N3O5S2. The Morgan fingerprint density at radius 1 is 1.03 bits per heavy atom. The molecule has 1 aromatic rings. The molecule has 8 nitrogen and oxygen atoms in total. The van der Waals surface area contributed by atoms with Crippen LogP contribution in [0.2, 0.25) is 0 Å². The molecule has 0 bridgehead atoms. The Morgan fingerprint density at radius 2 is 1.68 bits per heavy atom. The molecule has 0 saturated carbocycles. The van der Waals surface area contributed by atoms with Crippen LogP contribution in [0.5, 0.6) is 0 Å². The first-order valence-electron chi connectivity index (χ1n) is 10.8. The third kappa shape index (κ3) is 5.12. The summed E-state index contributed by atoms with van der Waals surface area (Å²) in [6.07, 6.45) is 9.85. The Hall–Kier alpha value is -1.91. The van der Waals surface area contributed by atoms with Crippen molar-refractivity contribution in [2.24, 2.45) is 5.92 Å². The fourth-order valence-electron chi connectivity index (χ4n) is 4.92. The molecule has 0 radical (unpaired) electrons. The lowest BCUT2D eigenvalue weighted by Gasteiger charge is -2.29. The van der Waals surface area contributed by atoms with E-state index in [9.17, 15) is 21.6 Å². The number of carbonyl (C=O) groups is 1. The second kappa shape index (κ2) is 8.55. The van der Waals surface area contributed by atoms with Gasteiger partial charge in [-0.25, -0.2) is 30.7 Å². The predicted molar refractivity (Wildman–Crippen MR) is 120 cm³/mol. The minimum atomic E-state index is -3.99. The van der Waals surface area contributed by atoms with Gasteiger partial charge in [0, 0.05) is 24.2 Å². The van der Waals surface area contributed by atoms with Crippen LogP contribution in [0.15, 0.2) is 17.6 Å². The Balaban J connectivity index is 1.43. The molecule has 1 saturated heterocycles. The molecule has 3 aliphatic rings. The van der Waals surface area contributed by atoms with Crippen LogP contribution in [-0.4, -0.2) is 46.5 Å². The maximum atomic E-state index is 12.5. The van der Waals surface area contributed by atoms with Crippen molar-refractivity contribution < 1.29 is 21.6 Å². The molecule has 1 aliphatic heterocycles. The molecular weight excluding hydrogens is 438 g/mol. The van der Waals surface area contributed by atoms with E-state index < -0.39 is 26.1 Å². The number of amides is 2. The maximum Gasteiger partial charge on any atom is 0.333 e. The number of nitrogens with one attached hydrogen (secondary N) is 2. The van der Waals surface area contributed by atoms with Crippen LogP contribution in [0, 0.1) is 5.92 Å². The van der Waals surface area contributed by atoms with E-state index in [2.05, 4.69) is 16.1 Å². The van der Waals surface area contributed by atoms with Gasteiger partial charge in [-0.3, -0.25) is 0 Å². The number of piperidine rings is 1. The third-order valence-corrected chi connectivity index (χ3v) is 8.62. The van der Waals surface area contributed by atoms with Crippen LogP contribution in [-0.2, 0) is 45.7 Å². The summed E-state index contributed by atoms with van der Waals surface area (Å²) in [6.45, 7) is 0.696. The molecule has 1 unspecified atom stereocenters. The molecule has 31 heavy (non-hydrogen) atoms. The number of hydrogen-bond donors (Lipinski definition) is 2. The van der Waals surface area contributed by atoms with Gasteiger partial charge in [0.05, 0.1) is 6.26 Å². The van der Waals surface area contributed by atoms with E-state index in [0.717, 1.165) is 67.0 Å². The van der Waals surface area contributed by atoms with Crippen LogP contribution >= 0.6 is 0 Å². The highest BCUT2D eigenvalue weighted by Gasteiger charge is 2.27. The first-order valence-corrected chi connectivity index (χ1v) is 14.2. The highest BCUT2D eigenvalue weighted by Crippen LogP contribution is 2.38. The summed E-state index contributed by atoms with van der Waals surface area (Å²) in [5.74, 6) is -0.205. The highest BCUT2D eigenvalue weighted by molar-refractivity contribution is 7.92. The van der Waals surface area contributed by atoms with Crippen molar-refractivity contribution in [2.75, 3.05) is 24.7 Å². The quantitative estimate of drug-likeness (QED) is 0.690. The SMILES string of the molecule is CS(=O)(=O)N1CCCC(/C=C/S(=O)(=O)NC(=O)Nc2c3c(cc4c2CCC4)CCC3)C1. The number of aryl methyl sites for hydroxylation is 2. The van der Waals surface area contributed by atoms with Crippen LogP contribution in [0.4, 0.5) is 10.5 Å². The molecule has 0 spiro atoms. The molecule has 0 aromatic heterocycles. The number of benzene rings is 1. The summed E-state index contributed by atoms with van der Waals surface area (Å²) < 4.78 is 51.7. The summed E-state index contributed by atoms with van der Waals surface area (Å²) in [6, 6.07) is 1.48. The van der Waals surface area contributed by atoms with Crippen molar-refractivity contribution in [1.82, 2.24) is 9.03 Å². The molecule has 1 heterocycles. The van der Waals surface area contributed by atoms with Gasteiger partial charge in [-0.15, -0.1) is 0 Å². The summed E-state index contributed by atoms with van der Waals surface area (Å²) in [4.78, 5) is 12.5. The second-order valence-electron chi connectivity index (χ2n) is 8.69. The van der Waals surface area contributed by atoms with Crippen LogP contribution in [0.25, 0.3) is 0 Å². The second-order valence-corrected chi connectivity index (χ2v) is 12.2. The fraction of sp³-hybridized carbons (Fsp3) is 0.571. The van der Waals surface area contributed by atoms with Gasteiger partial charge in [-0.05, 0) is 79.5 Å². The lowest BCUT2D eigenvalue weighted by Crippen LogP contribution is -2.39. The lowest BCUT2D eigenvalue weighted by molar-refractivity contribution is 0.256. The standard InChI is InChI=1S/C21H29N3O5S2/c1-30(26,27)24-11-4-5-15(14-24)10-12-31(28,29)23-21(25)22-20-18-8-2-6-16(18)13-17-7-3-9-19(17)20/h10,12-13,15H,2-9,11,14H2,1H3,(H2,22,23,25)/b12-10+. The van der Waals surface area contributed by atoms with Gasteiger partial charge < -0.3 is 5.32 Å². The zero-order valence-corrected chi connectivity index (χ0v) is 19.3. The van der Waals surface area contributed by atoms with Crippen molar-refractivity contribution in [2.45, 2.75) is 51.4 Å². The van der Waals surface area contributed by atoms with E-state index in [1.807, 2.05) is 0 Å². The van der Waals surface area contributed by atoms with Crippen LogP contribution < -0.4 is 10.0 Å². The Morgan fingerprint density at radius 3 is 2.29 bits per heavy atom. The molecule has 1 atom stereocenters. The third-order valence-electron chi connectivity index (χ3n) is 6.37. The number of nitrogens with zero attached hydrogens (tertiary/aromatic N) is 1. The molecule has 170 valence electrons. The predicted octanol–water partition coefficient (Wildman–Crippen LogP) is 2.30. The van der Waals surface area contributed by atoms with Crippen molar-refractivity contribution in [1.29, 1.82) is 0 Å². The molecule has 4 rings (SSSR count). The minimum Gasteiger partial charge on any atom is -0.307 e. The fourth-order valence-corrected chi connectivity index (χ4v) is 6.65. The zero-order chi connectivity index (χ0) is 22.2. The summed E-state index contributed by atoms with van der Waals surface area (Å²) in [5.41, 5.74) is 5.56. The van der Waals surface area contributed by atoms with E-state index in [4.69, 9.17) is 0 Å². The van der Waals surface area contributed by atoms with E-state index in [-0.39, 0.29) is 12.5 Å². The van der Waals surface area contributed by atoms with Crippen LogP contribution in [0.3, 0.4) is 0 Å². The Labute approximate surface area is 184 Å². The lowest BCUT2D eigenvalue weighted by atomic mass is 9.99. The van der Waals surface area contributed by atoms with Crippen LogP contribution in [0.1, 0.15) is 47.9 Å². The average molecular weight is 468 g/mol. The van der Waals surface area contributed by atoms with Gasteiger partial charge in [-0.2, -0.15) is 0 Å². The first kappa shape index (κ1) is 22.3. The average Bonchev–Trinajstić information content (AvgIpc) is 3.34. The van der Waals surface area contributed by atoms with Gasteiger partial charge >= 0.3 is 6.03 Å². The van der Waals surface area contributed by atoms with E-state index in [0.29, 0.717) is 19.4 Å². The molecule has 1 fully saturated rings. The van der Waals surface area contributed by atoms with Gasteiger partial charge in [0.15, 0.2) is 0 Å². The van der Waals surface area contributed by atoms with E-state index in [1.165, 1.54) is 21.5 Å². The largest absolute Gasteiger partial charge is 0.333 e. The Bertz CT molecular complexity index is 1090. The van der Waals surface area contributed by atoms with Crippen molar-refractivity contribution in [3.63, 3.8) is 0 Å². The normalized spacial score (nSPS) is 21.8. The number of anilines is 1. The molecule has 2 N–H and O–H groups in total. The van der Waals surface area contributed by atoms with Gasteiger partial charge in [0.2, 0.25) is 10.0 Å². The monoisotopic (exact) mass is 467 g/mol. The number of sulfonamides is 2. The molecule has 2 aliphatic carbocycles. The number of rotatable bonds is 5. The smallest absolute Gasteiger partial charge is 0.307 e. The molecule has 1 aromatic carbocycles. The van der Waals surface area contributed by atoms with Crippen molar-refractivity contribution in [3.8, 4) is 0 Å². The maximum absolute atomic E-state index is 12.5. The molecule has 10 heteroatoms. The minimum absolute atomic E-state index is 0.205. The summed E-state index contributed by atoms with van der Waals surface area (Å²) >= 11 is 0. The first-order chi connectivity index (χ1) is 14.6. The van der Waals surface area contributed by atoms with E-state index in [1.54, 1.807) is 0 Å². The number of carbonyl (C=O) groups excluding carboxylic acids is 1. The summed E-state index contributed by atoms with van der Waals surface area (Å²) in [5, 5.41) is 3.79. The van der Waals surface area contributed by atoms with Gasteiger partial charge in [0.25, 0.3) is 10.0 Å². The van der Waals surface area contributed by atoms with Gasteiger partial charge in [0.1, 0.15) is 0 Å². The molecule has 2 amide bonds.